The zero-order chi connectivity index (χ0) is 15.1. The minimum Gasteiger partial charge on any atom is -0.495 e. The number of benzene rings is 1. The van der Waals surface area contributed by atoms with Crippen LogP contribution in [0.4, 0.5) is 5.00 Å². The number of hydrogen-bond donors (Lipinski definition) is 2. The Balaban J connectivity index is 2.22. The fraction of sp³-hybridized carbons (Fsp3) is 0.214. The van der Waals surface area contributed by atoms with Gasteiger partial charge in [-0.2, -0.15) is 0 Å². The Morgan fingerprint density at radius 2 is 2.38 bits per heavy atom. The summed E-state index contributed by atoms with van der Waals surface area (Å²) in [5.41, 5.74) is 1.05. The molecule has 21 heavy (non-hydrogen) atoms. The lowest BCUT2D eigenvalue weighted by atomic mass is 10.1. The highest BCUT2D eigenvalue weighted by atomic mass is 32.1. The summed E-state index contributed by atoms with van der Waals surface area (Å²) < 4.78 is 8.88. The van der Waals surface area contributed by atoms with E-state index in [0.717, 1.165) is 11.5 Å². The number of methoxy groups -OCH3 is 1. The summed E-state index contributed by atoms with van der Waals surface area (Å²) >= 11 is 1.10. The fourth-order valence-corrected chi connectivity index (χ4v) is 1.98. The van der Waals surface area contributed by atoms with Crippen LogP contribution in [0.2, 0.25) is 0 Å². The molecule has 0 aliphatic rings. The van der Waals surface area contributed by atoms with Gasteiger partial charge in [-0.3, -0.25) is 4.79 Å². The van der Waals surface area contributed by atoms with Crippen LogP contribution in [-0.4, -0.2) is 34.3 Å². The molecule has 1 heterocycles. The van der Waals surface area contributed by atoms with Gasteiger partial charge in [0.2, 0.25) is 0 Å². The third-order valence-electron chi connectivity index (χ3n) is 2.52. The molecule has 0 aliphatic heterocycles. The van der Waals surface area contributed by atoms with Crippen molar-refractivity contribution in [2.24, 2.45) is 0 Å². The van der Waals surface area contributed by atoms with E-state index in [-0.39, 0.29) is 12.5 Å². The van der Waals surface area contributed by atoms with E-state index in [1.165, 1.54) is 13.3 Å². The Morgan fingerprint density at radius 1 is 1.52 bits per heavy atom. The summed E-state index contributed by atoms with van der Waals surface area (Å²) in [6.45, 7) is -0.00608. The quantitative estimate of drug-likeness (QED) is 0.837. The van der Waals surface area contributed by atoms with Crippen molar-refractivity contribution in [3.63, 3.8) is 0 Å². The van der Waals surface area contributed by atoms with Crippen molar-refractivity contribution in [2.75, 3.05) is 19.0 Å². The summed E-state index contributed by atoms with van der Waals surface area (Å²) in [4.78, 5) is 12.1. The highest BCUT2D eigenvalue weighted by molar-refractivity contribution is 7.10. The van der Waals surface area contributed by atoms with Gasteiger partial charge in [0.1, 0.15) is 10.8 Å². The summed E-state index contributed by atoms with van der Waals surface area (Å²) in [6.07, 6.45) is 1.85. The number of anilines is 1. The van der Waals surface area contributed by atoms with Crippen LogP contribution in [-0.2, 0) is 0 Å². The Hall–Kier alpha value is -2.43. The van der Waals surface area contributed by atoms with E-state index in [2.05, 4.69) is 26.7 Å². The SMILES string of the molecule is COc1ccc(C(=O)Nc2cnns2)cc1C#CCCO. The molecule has 0 radical (unpaired) electrons. The molecule has 0 saturated heterocycles. The molecule has 7 heteroatoms. The average Bonchev–Trinajstić information content (AvgIpc) is 3.00. The van der Waals surface area contributed by atoms with Gasteiger partial charge in [-0.05, 0) is 18.2 Å². The van der Waals surface area contributed by atoms with Gasteiger partial charge in [0.05, 0.1) is 25.5 Å². The summed E-state index contributed by atoms with van der Waals surface area (Å²) in [6, 6.07) is 4.98. The molecule has 0 bridgehead atoms. The smallest absolute Gasteiger partial charge is 0.256 e. The minimum atomic E-state index is -0.270. The molecular weight excluding hydrogens is 290 g/mol. The highest BCUT2D eigenvalue weighted by Gasteiger charge is 2.10. The highest BCUT2D eigenvalue weighted by Crippen LogP contribution is 2.20. The van der Waals surface area contributed by atoms with Crippen LogP contribution in [0.1, 0.15) is 22.3 Å². The van der Waals surface area contributed by atoms with Gasteiger partial charge in [-0.1, -0.05) is 16.3 Å². The monoisotopic (exact) mass is 303 g/mol. The molecule has 0 aliphatic carbocycles. The van der Waals surface area contributed by atoms with Crippen molar-refractivity contribution in [1.29, 1.82) is 0 Å². The first-order valence-electron chi connectivity index (χ1n) is 6.11. The van der Waals surface area contributed by atoms with Gasteiger partial charge in [0.15, 0.2) is 0 Å². The van der Waals surface area contributed by atoms with Gasteiger partial charge in [-0.25, -0.2) is 0 Å². The molecule has 0 fully saturated rings. The van der Waals surface area contributed by atoms with Crippen LogP contribution in [0.3, 0.4) is 0 Å². The van der Waals surface area contributed by atoms with Gasteiger partial charge in [0, 0.05) is 23.5 Å². The summed E-state index contributed by atoms with van der Waals surface area (Å²) in [5, 5.41) is 15.7. The number of carbonyl (C=O) groups is 1. The topological polar surface area (TPSA) is 84.3 Å². The van der Waals surface area contributed by atoms with E-state index in [9.17, 15) is 4.79 Å². The molecule has 2 N–H and O–H groups in total. The Labute approximate surface area is 125 Å². The number of aliphatic hydroxyl groups excluding tert-OH is 1. The van der Waals surface area contributed by atoms with Crippen LogP contribution in [0, 0.1) is 11.8 Å². The van der Waals surface area contributed by atoms with Crippen LogP contribution in [0.5, 0.6) is 5.75 Å². The molecule has 0 atom stereocenters. The minimum absolute atomic E-state index is 0.00608. The predicted molar refractivity (Wildman–Crippen MR) is 79.4 cm³/mol. The van der Waals surface area contributed by atoms with Crippen LogP contribution in [0.15, 0.2) is 24.4 Å². The first-order chi connectivity index (χ1) is 10.2. The van der Waals surface area contributed by atoms with E-state index >= 15 is 0 Å². The maximum atomic E-state index is 12.1. The number of carbonyl (C=O) groups excluding carboxylic acids is 1. The molecule has 0 spiro atoms. The van der Waals surface area contributed by atoms with Crippen molar-refractivity contribution in [3.05, 3.63) is 35.5 Å². The molecule has 0 saturated carbocycles. The number of hydrogen-bond acceptors (Lipinski definition) is 6. The molecular formula is C14H13N3O3S. The normalized spacial score (nSPS) is 9.62. The molecule has 2 aromatic rings. The average molecular weight is 303 g/mol. The molecule has 6 nitrogen and oxygen atoms in total. The number of aromatic nitrogens is 2. The molecule has 1 aromatic heterocycles. The molecule has 2 rings (SSSR count). The Bertz CT molecular complexity index is 675. The van der Waals surface area contributed by atoms with Crippen LogP contribution in [0.25, 0.3) is 0 Å². The second-order valence-electron chi connectivity index (χ2n) is 3.93. The zero-order valence-electron chi connectivity index (χ0n) is 11.3. The first-order valence-corrected chi connectivity index (χ1v) is 6.88. The third-order valence-corrected chi connectivity index (χ3v) is 3.10. The maximum Gasteiger partial charge on any atom is 0.256 e. The second-order valence-corrected chi connectivity index (χ2v) is 4.71. The predicted octanol–water partition coefficient (Wildman–Crippen LogP) is 1.53. The van der Waals surface area contributed by atoms with Crippen molar-refractivity contribution in [3.8, 4) is 17.6 Å². The third kappa shape index (κ3) is 4.02. The lowest BCUT2D eigenvalue weighted by Crippen LogP contribution is -2.11. The summed E-state index contributed by atoms with van der Waals surface area (Å²) in [5.74, 6) is 6.00. The van der Waals surface area contributed by atoms with Crippen molar-refractivity contribution in [2.45, 2.75) is 6.42 Å². The molecule has 1 aromatic carbocycles. The Kier molecular flexibility index (Phi) is 5.26. The van der Waals surface area contributed by atoms with Gasteiger partial charge >= 0.3 is 0 Å². The van der Waals surface area contributed by atoms with Gasteiger partial charge in [0.25, 0.3) is 5.91 Å². The maximum absolute atomic E-state index is 12.1. The number of amides is 1. The van der Waals surface area contributed by atoms with Crippen molar-refractivity contribution < 1.29 is 14.6 Å². The number of aliphatic hydroxyl groups is 1. The standard InChI is InChI=1S/C14H13N3O3S/c1-20-12-6-5-11(8-10(12)4-2-3-7-18)14(19)16-13-9-15-17-21-13/h5-6,8-9,18H,3,7H2,1H3,(H,16,19). The molecule has 1 amide bonds. The van der Waals surface area contributed by atoms with Crippen molar-refractivity contribution >= 4 is 22.4 Å². The number of nitrogens with one attached hydrogen (secondary N) is 1. The van der Waals surface area contributed by atoms with E-state index in [0.29, 0.717) is 28.3 Å². The van der Waals surface area contributed by atoms with E-state index in [1.807, 2.05) is 0 Å². The fourth-order valence-electron chi connectivity index (χ4n) is 1.57. The van der Waals surface area contributed by atoms with Crippen molar-refractivity contribution in [1.82, 2.24) is 9.59 Å². The molecule has 0 unspecified atom stereocenters. The van der Waals surface area contributed by atoms with E-state index in [1.54, 1.807) is 18.2 Å². The van der Waals surface area contributed by atoms with Crippen LogP contribution < -0.4 is 10.1 Å². The number of nitrogens with zero attached hydrogens (tertiary/aromatic N) is 2. The first kappa shape index (κ1) is 15.0. The lowest BCUT2D eigenvalue weighted by Gasteiger charge is -2.06. The van der Waals surface area contributed by atoms with Gasteiger partial charge < -0.3 is 15.2 Å². The number of ether oxygens (including phenoxy) is 1. The van der Waals surface area contributed by atoms with E-state index < -0.39 is 0 Å². The largest absolute Gasteiger partial charge is 0.495 e. The number of rotatable bonds is 4. The zero-order valence-corrected chi connectivity index (χ0v) is 12.1. The van der Waals surface area contributed by atoms with Gasteiger partial charge in [-0.15, -0.1) is 5.10 Å². The van der Waals surface area contributed by atoms with Crippen LogP contribution >= 0.6 is 11.5 Å². The second kappa shape index (κ2) is 7.38. The lowest BCUT2D eigenvalue weighted by molar-refractivity contribution is 0.102. The van der Waals surface area contributed by atoms with E-state index in [4.69, 9.17) is 9.84 Å². The Morgan fingerprint density at radius 3 is 3.05 bits per heavy atom. The summed E-state index contributed by atoms with van der Waals surface area (Å²) in [7, 11) is 1.54. The molecule has 108 valence electrons.